The fraction of sp³-hybridized carbons (Fsp3) is 0.151. The molecule has 0 bridgehead atoms. The largest absolute Gasteiger partial charge is 0.508 e. The van der Waals surface area contributed by atoms with Crippen LogP contribution in [-0.4, -0.2) is 39.8 Å². The van der Waals surface area contributed by atoms with Gasteiger partial charge in [0.15, 0.2) is 34.9 Å². The van der Waals surface area contributed by atoms with Crippen LogP contribution in [0.15, 0.2) is 147 Å². The van der Waals surface area contributed by atoms with Crippen LogP contribution < -0.4 is 34.9 Å². The van der Waals surface area contributed by atoms with Crippen LogP contribution >= 0.6 is 23.2 Å². The molecular weight excluding hydrogens is 909 g/mol. The summed E-state index contributed by atoms with van der Waals surface area (Å²) < 4.78 is 21.5. The van der Waals surface area contributed by atoms with Gasteiger partial charge in [-0.3, -0.25) is 14.4 Å². The van der Waals surface area contributed by atoms with Crippen molar-refractivity contribution >= 4 is 57.6 Å². The molecule has 9 rings (SSSR count). The normalized spacial score (nSPS) is 12.2. The molecule has 350 valence electrons. The van der Waals surface area contributed by atoms with Gasteiger partial charge in [0, 0.05) is 65.3 Å². The van der Waals surface area contributed by atoms with E-state index >= 15 is 0 Å². The van der Waals surface area contributed by atoms with Crippen LogP contribution in [0.5, 0.6) is 40.2 Å². The minimum Gasteiger partial charge on any atom is -0.508 e. The van der Waals surface area contributed by atoms with Crippen LogP contribution in [0.4, 0.5) is 17.1 Å². The summed E-state index contributed by atoms with van der Waals surface area (Å²) in [5, 5.41) is 38.9. The highest BCUT2D eigenvalue weighted by atomic mass is 35.5. The number of phenols is 3. The maximum atomic E-state index is 12.4. The number of anilines is 3. The Hall–Kier alpha value is -7.87. The zero-order valence-corrected chi connectivity index (χ0v) is 37.7. The molecule has 13 nitrogen and oxygen atoms in total. The summed E-state index contributed by atoms with van der Waals surface area (Å²) in [7, 11) is 1.58. The van der Waals surface area contributed by atoms with E-state index in [0.717, 1.165) is 39.3 Å². The van der Waals surface area contributed by atoms with Gasteiger partial charge < -0.3 is 50.2 Å². The topological polar surface area (TPSA) is 185 Å². The second-order valence-corrected chi connectivity index (χ2v) is 16.5. The van der Waals surface area contributed by atoms with Crippen molar-refractivity contribution in [2.75, 3.05) is 23.1 Å². The highest BCUT2D eigenvalue weighted by molar-refractivity contribution is 6.31. The summed E-state index contributed by atoms with van der Waals surface area (Å²) >= 11 is 11.9. The first-order chi connectivity index (χ1) is 32.1. The Kier molecular flexibility index (Phi) is 16.1. The molecule has 3 heterocycles. The summed E-state index contributed by atoms with van der Waals surface area (Å²) in [6.45, 7) is 11.1. The van der Waals surface area contributed by atoms with Crippen molar-refractivity contribution in [2.24, 2.45) is 0 Å². The first-order valence-corrected chi connectivity index (χ1v) is 21.5. The molecule has 6 aromatic rings. The number of aromatic hydroxyl groups is 3. The fourth-order valence-corrected chi connectivity index (χ4v) is 7.71. The van der Waals surface area contributed by atoms with E-state index in [9.17, 15) is 29.7 Å². The van der Waals surface area contributed by atoms with Crippen LogP contribution in [0.3, 0.4) is 0 Å². The minimum atomic E-state index is -0.0642. The summed E-state index contributed by atoms with van der Waals surface area (Å²) in [5.74, 6) is 4.22. The van der Waals surface area contributed by atoms with Crippen molar-refractivity contribution in [1.29, 1.82) is 0 Å². The van der Waals surface area contributed by atoms with E-state index in [1.807, 2.05) is 48.5 Å². The maximum absolute atomic E-state index is 12.4. The number of carbonyl (C=O) groups is 3. The number of halogens is 2. The predicted octanol–water partition coefficient (Wildman–Crippen LogP) is 11.0. The van der Waals surface area contributed by atoms with Crippen molar-refractivity contribution in [1.82, 2.24) is 0 Å². The molecule has 0 aromatic heterocycles. The molecule has 3 aliphatic rings. The summed E-state index contributed by atoms with van der Waals surface area (Å²) in [4.78, 5) is 36.7. The van der Waals surface area contributed by atoms with Gasteiger partial charge in [-0.25, -0.2) is 0 Å². The standard InChI is InChI=1S/C18H16ClNO3.C17H14ClNO3.C17H15NO4.CH4/c1-11-20-16-5-3-12(8-18(16)23-11)7-15(21)10-13-9-14(19)4-6-17(13)22-2;1-10-19-15-4-2-11(7-17(15)22-10)6-14(20)9-12-8-13(18)3-5-16(12)21;1-10-18-15-4-2-11(7-17(15)22-10)6-14(20)9-12-8-13(19)3-5-16(12)21;/h3-6,8-9,20H,1,7,10H2,2H3;2-5,7-8,19,21H,1,6,9H2;2-5,7-8,18-19,21H,1,6,9H2;1H4. The number of rotatable bonds is 13. The van der Waals surface area contributed by atoms with Crippen LogP contribution in [0.25, 0.3) is 0 Å². The fourth-order valence-electron chi connectivity index (χ4n) is 7.32. The average Bonchev–Trinajstić information content (AvgIpc) is 3.96. The predicted molar refractivity (Wildman–Crippen MR) is 264 cm³/mol. The third kappa shape index (κ3) is 13.1. The third-order valence-electron chi connectivity index (χ3n) is 10.4. The van der Waals surface area contributed by atoms with Gasteiger partial charge in [0.25, 0.3) is 0 Å². The molecule has 0 aliphatic carbocycles. The number of Topliss-reactive ketones (excluding diaryl/α,β-unsaturated/α-hetero) is 3. The van der Waals surface area contributed by atoms with E-state index in [4.69, 9.17) is 42.1 Å². The van der Waals surface area contributed by atoms with Gasteiger partial charge in [0.05, 0.1) is 24.2 Å². The summed E-state index contributed by atoms with van der Waals surface area (Å²) in [6, 6.07) is 30.7. The number of hydrogen-bond acceptors (Lipinski definition) is 13. The van der Waals surface area contributed by atoms with E-state index in [-0.39, 0.29) is 74.1 Å². The number of benzene rings is 6. The van der Waals surface area contributed by atoms with E-state index in [1.165, 1.54) is 24.3 Å². The van der Waals surface area contributed by atoms with Gasteiger partial charge in [-0.2, -0.15) is 0 Å². The molecule has 0 unspecified atom stereocenters. The molecule has 0 saturated carbocycles. The monoisotopic (exact) mass is 957 g/mol. The highest BCUT2D eigenvalue weighted by Gasteiger charge is 2.20. The average molecular weight is 959 g/mol. The minimum absolute atomic E-state index is 0. The molecule has 0 radical (unpaired) electrons. The lowest BCUT2D eigenvalue weighted by Gasteiger charge is -2.09. The molecule has 0 fully saturated rings. The zero-order chi connectivity index (χ0) is 47.8. The van der Waals surface area contributed by atoms with Crippen LogP contribution in [0, 0.1) is 0 Å². The number of fused-ring (bicyclic) bond motifs is 3. The molecule has 0 saturated heterocycles. The highest BCUT2D eigenvalue weighted by Crippen LogP contribution is 2.36. The smallest absolute Gasteiger partial charge is 0.190 e. The van der Waals surface area contributed by atoms with Crippen molar-refractivity contribution < 1.29 is 48.7 Å². The van der Waals surface area contributed by atoms with Gasteiger partial charge in [-0.15, -0.1) is 0 Å². The lowest BCUT2D eigenvalue weighted by atomic mass is 10.0. The molecule has 0 amide bonds. The summed E-state index contributed by atoms with van der Waals surface area (Å²) in [6.07, 6.45) is 1.26. The molecular formula is C53H49Cl2N3O10. The molecule has 0 spiro atoms. The first kappa shape index (κ1) is 49.6. The number of nitrogens with one attached hydrogen (secondary N) is 3. The third-order valence-corrected chi connectivity index (χ3v) is 10.8. The van der Waals surface area contributed by atoms with Gasteiger partial charge in [0.2, 0.25) is 0 Å². The van der Waals surface area contributed by atoms with Crippen LogP contribution in [0.2, 0.25) is 10.0 Å². The van der Waals surface area contributed by atoms with Crippen molar-refractivity contribution in [3.8, 4) is 40.2 Å². The maximum Gasteiger partial charge on any atom is 0.190 e. The van der Waals surface area contributed by atoms with Crippen molar-refractivity contribution in [2.45, 2.75) is 46.0 Å². The number of phenolic OH excluding ortho intramolecular Hbond substituents is 3. The lowest BCUT2D eigenvalue weighted by Crippen LogP contribution is -2.07. The SMILES string of the molecule is C.C=C1Nc2ccc(CC(=O)Cc3cc(Cl)ccc3O)cc2O1.C=C1Nc2ccc(CC(=O)Cc3cc(Cl)ccc3OC)cc2O1.C=C1Nc2ccc(CC(=O)Cc3cc(O)ccc3O)cc2O1. The Balaban J connectivity index is 0.000000167. The number of hydrogen-bond donors (Lipinski definition) is 6. The summed E-state index contributed by atoms with van der Waals surface area (Å²) in [5.41, 5.74) is 6.83. The molecule has 3 aliphatic heterocycles. The van der Waals surface area contributed by atoms with Crippen LogP contribution in [-0.2, 0) is 52.9 Å². The molecule has 15 heteroatoms. The van der Waals surface area contributed by atoms with E-state index in [1.54, 1.807) is 43.5 Å². The Morgan fingerprint density at radius 1 is 0.500 bits per heavy atom. The Bertz CT molecular complexity index is 2820. The Labute approximate surface area is 403 Å². The van der Waals surface area contributed by atoms with Gasteiger partial charge >= 0.3 is 0 Å². The molecule has 6 aromatic carbocycles. The Morgan fingerprint density at radius 3 is 1.29 bits per heavy atom. The van der Waals surface area contributed by atoms with E-state index in [2.05, 4.69) is 35.7 Å². The van der Waals surface area contributed by atoms with Gasteiger partial charge in [-0.1, -0.05) is 48.8 Å². The van der Waals surface area contributed by atoms with Gasteiger partial charge in [0.1, 0.15) is 40.3 Å². The quantitative estimate of drug-likeness (QED) is 0.0602. The molecule has 68 heavy (non-hydrogen) atoms. The van der Waals surface area contributed by atoms with E-state index < -0.39 is 0 Å². The van der Waals surface area contributed by atoms with Gasteiger partial charge in [-0.05, 0) is 127 Å². The molecule has 0 atom stereocenters. The second-order valence-electron chi connectivity index (χ2n) is 15.7. The number of carbonyl (C=O) groups excluding carboxylic acids is 3. The van der Waals surface area contributed by atoms with Crippen LogP contribution in [0.1, 0.15) is 40.8 Å². The Morgan fingerprint density at radius 2 is 0.868 bits per heavy atom. The first-order valence-electron chi connectivity index (χ1n) is 20.7. The van der Waals surface area contributed by atoms with Crippen molar-refractivity contribution in [3.05, 3.63) is 190 Å². The number of methoxy groups -OCH3 is 1. The molecule has 6 N–H and O–H groups in total. The number of ether oxygens (including phenoxy) is 4. The number of ketones is 3. The second kappa shape index (κ2) is 22.1. The van der Waals surface area contributed by atoms with Crippen molar-refractivity contribution in [3.63, 3.8) is 0 Å². The zero-order valence-electron chi connectivity index (χ0n) is 36.2. The van der Waals surface area contributed by atoms with E-state index in [0.29, 0.717) is 68.2 Å². The lowest BCUT2D eigenvalue weighted by molar-refractivity contribution is -0.118.